The topological polar surface area (TPSA) is 58.7 Å². The van der Waals surface area contributed by atoms with E-state index in [-0.39, 0.29) is 13.2 Å². The SMILES string of the molecule is CN(C)c1ccc(C=Cc2nc3ccc(OCCO)cc3o2)cc1. The van der Waals surface area contributed by atoms with E-state index < -0.39 is 0 Å². The van der Waals surface area contributed by atoms with Crippen LogP contribution in [-0.4, -0.2) is 37.4 Å². The first-order chi connectivity index (χ1) is 11.7. The van der Waals surface area contributed by atoms with Crippen LogP contribution >= 0.6 is 0 Å². The standard InChI is InChI=1S/C19H20N2O3/c1-21(2)15-6-3-14(4-7-15)5-10-19-20-17-9-8-16(23-12-11-22)13-18(17)24-19/h3-10,13,22H,11-12H2,1-2H3. The molecule has 0 unspecified atom stereocenters. The van der Waals surface area contributed by atoms with Crippen molar-refractivity contribution in [3.05, 3.63) is 53.9 Å². The van der Waals surface area contributed by atoms with E-state index in [0.29, 0.717) is 17.2 Å². The minimum absolute atomic E-state index is 0.0188. The van der Waals surface area contributed by atoms with E-state index in [1.807, 2.05) is 38.4 Å². The summed E-state index contributed by atoms with van der Waals surface area (Å²) in [6.45, 7) is 0.240. The number of rotatable bonds is 6. The van der Waals surface area contributed by atoms with Crippen LogP contribution in [0.2, 0.25) is 0 Å². The van der Waals surface area contributed by atoms with Gasteiger partial charge < -0.3 is 19.2 Å². The first-order valence-corrected chi connectivity index (χ1v) is 7.75. The second kappa shape index (κ2) is 7.19. The fraction of sp³-hybridized carbons (Fsp3) is 0.211. The van der Waals surface area contributed by atoms with Crippen molar-refractivity contribution < 1.29 is 14.3 Å². The van der Waals surface area contributed by atoms with Crippen molar-refractivity contribution in [1.29, 1.82) is 0 Å². The fourth-order valence-corrected chi connectivity index (χ4v) is 2.30. The molecule has 0 aliphatic heterocycles. The van der Waals surface area contributed by atoms with Crippen molar-refractivity contribution in [2.45, 2.75) is 0 Å². The van der Waals surface area contributed by atoms with Crippen LogP contribution in [0.4, 0.5) is 5.69 Å². The average Bonchev–Trinajstić information content (AvgIpc) is 3.00. The number of benzene rings is 2. The third-order valence-electron chi connectivity index (χ3n) is 3.56. The Morgan fingerprint density at radius 2 is 1.92 bits per heavy atom. The summed E-state index contributed by atoms with van der Waals surface area (Å²) in [5.41, 5.74) is 3.67. The van der Waals surface area contributed by atoms with Gasteiger partial charge in [0.25, 0.3) is 0 Å². The highest BCUT2D eigenvalue weighted by molar-refractivity contribution is 5.77. The maximum atomic E-state index is 8.80. The van der Waals surface area contributed by atoms with E-state index >= 15 is 0 Å². The van der Waals surface area contributed by atoms with Gasteiger partial charge in [-0.25, -0.2) is 4.98 Å². The molecule has 3 aromatic rings. The highest BCUT2D eigenvalue weighted by Crippen LogP contribution is 2.23. The number of aliphatic hydroxyl groups is 1. The Labute approximate surface area is 140 Å². The minimum Gasteiger partial charge on any atom is -0.491 e. The van der Waals surface area contributed by atoms with Crippen LogP contribution in [0, 0.1) is 0 Å². The molecule has 0 amide bonds. The summed E-state index contributed by atoms with van der Waals surface area (Å²) >= 11 is 0. The number of hydrogen-bond donors (Lipinski definition) is 1. The Kier molecular flexibility index (Phi) is 4.82. The quantitative estimate of drug-likeness (QED) is 0.753. The van der Waals surface area contributed by atoms with Gasteiger partial charge in [0.05, 0.1) is 6.61 Å². The van der Waals surface area contributed by atoms with Crippen molar-refractivity contribution in [1.82, 2.24) is 4.98 Å². The fourth-order valence-electron chi connectivity index (χ4n) is 2.30. The number of anilines is 1. The Morgan fingerprint density at radius 1 is 1.12 bits per heavy atom. The normalized spacial score (nSPS) is 11.3. The van der Waals surface area contributed by atoms with Crippen LogP contribution in [0.25, 0.3) is 23.3 Å². The first kappa shape index (κ1) is 16.1. The Morgan fingerprint density at radius 3 is 2.62 bits per heavy atom. The molecule has 0 radical (unpaired) electrons. The molecule has 0 aliphatic rings. The van der Waals surface area contributed by atoms with Crippen LogP contribution in [-0.2, 0) is 0 Å². The van der Waals surface area contributed by atoms with Gasteiger partial charge >= 0.3 is 0 Å². The zero-order valence-electron chi connectivity index (χ0n) is 13.8. The van der Waals surface area contributed by atoms with Gasteiger partial charge in [-0.2, -0.15) is 0 Å². The highest BCUT2D eigenvalue weighted by Gasteiger charge is 2.05. The lowest BCUT2D eigenvalue weighted by molar-refractivity contribution is 0.201. The molecule has 0 fully saturated rings. The molecule has 0 spiro atoms. The number of ether oxygens (including phenoxy) is 1. The summed E-state index contributed by atoms with van der Waals surface area (Å²) in [7, 11) is 4.03. The first-order valence-electron chi connectivity index (χ1n) is 7.75. The van der Waals surface area contributed by atoms with E-state index in [0.717, 1.165) is 16.8 Å². The monoisotopic (exact) mass is 324 g/mol. The number of aromatic nitrogens is 1. The van der Waals surface area contributed by atoms with Gasteiger partial charge in [-0.1, -0.05) is 12.1 Å². The largest absolute Gasteiger partial charge is 0.491 e. The van der Waals surface area contributed by atoms with Crippen LogP contribution in [0.3, 0.4) is 0 Å². The van der Waals surface area contributed by atoms with Crippen molar-refractivity contribution in [2.24, 2.45) is 0 Å². The van der Waals surface area contributed by atoms with Gasteiger partial charge in [-0.05, 0) is 35.9 Å². The van der Waals surface area contributed by atoms with Crippen LogP contribution in [0.15, 0.2) is 46.9 Å². The third kappa shape index (κ3) is 3.75. The molecule has 3 rings (SSSR count). The molecule has 124 valence electrons. The zero-order valence-corrected chi connectivity index (χ0v) is 13.8. The number of hydrogen-bond acceptors (Lipinski definition) is 5. The second-order valence-corrected chi connectivity index (χ2v) is 5.57. The lowest BCUT2D eigenvalue weighted by atomic mass is 10.2. The van der Waals surface area contributed by atoms with E-state index in [4.69, 9.17) is 14.3 Å². The van der Waals surface area contributed by atoms with Crippen LogP contribution in [0.1, 0.15) is 11.5 Å². The van der Waals surface area contributed by atoms with Crippen molar-refractivity contribution in [3.8, 4) is 5.75 Å². The molecule has 24 heavy (non-hydrogen) atoms. The molecule has 0 atom stereocenters. The molecule has 1 N–H and O–H groups in total. The molecule has 5 heteroatoms. The maximum absolute atomic E-state index is 8.80. The van der Waals surface area contributed by atoms with Gasteiger partial charge in [-0.3, -0.25) is 0 Å². The molecule has 1 aromatic heterocycles. The number of nitrogens with zero attached hydrogens (tertiary/aromatic N) is 2. The summed E-state index contributed by atoms with van der Waals surface area (Å²) in [6, 6.07) is 13.7. The molecule has 0 aliphatic carbocycles. The number of fused-ring (bicyclic) bond motifs is 1. The Bertz CT molecular complexity index is 835. The van der Waals surface area contributed by atoms with E-state index in [9.17, 15) is 0 Å². The summed E-state index contributed by atoms with van der Waals surface area (Å²) in [5.74, 6) is 1.20. The predicted molar refractivity (Wildman–Crippen MR) is 96.3 cm³/mol. The Balaban J connectivity index is 1.76. The van der Waals surface area contributed by atoms with E-state index in [1.165, 1.54) is 0 Å². The molecule has 1 heterocycles. The summed E-state index contributed by atoms with van der Waals surface area (Å²) in [6.07, 6.45) is 3.81. The molecule has 5 nitrogen and oxygen atoms in total. The third-order valence-corrected chi connectivity index (χ3v) is 3.56. The van der Waals surface area contributed by atoms with E-state index in [1.54, 1.807) is 6.07 Å². The van der Waals surface area contributed by atoms with E-state index in [2.05, 4.69) is 34.1 Å². The molecule has 2 aromatic carbocycles. The average molecular weight is 324 g/mol. The van der Waals surface area contributed by atoms with Crippen molar-refractivity contribution >= 4 is 28.9 Å². The van der Waals surface area contributed by atoms with Crippen LogP contribution in [0.5, 0.6) is 5.75 Å². The molecular formula is C19H20N2O3. The molecule has 0 saturated carbocycles. The van der Waals surface area contributed by atoms with Gasteiger partial charge in [0.15, 0.2) is 5.58 Å². The smallest absolute Gasteiger partial charge is 0.220 e. The summed E-state index contributed by atoms with van der Waals surface area (Å²) in [5, 5.41) is 8.80. The minimum atomic E-state index is -0.0188. The zero-order chi connectivity index (χ0) is 16.9. The second-order valence-electron chi connectivity index (χ2n) is 5.57. The molecule has 0 saturated heterocycles. The maximum Gasteiger partial charge on any atom is 0.220 e. The predicted octanol–water partition coefficient (Wildman–Crippen LogP) is 3.44. The molecule has 0 bridgehead atoms. The lowest BCUT2D eigenvalue weighted by Crippen LogP contribution is -2.07. The summed E-state index contributed by atoms with van der Waals surface area (Å²) in [4.78, 5) is 6.49. The van der Waals surface area contributed by atoms with Gasteiger partial charge in [-0.15, -0.1) is 0 Å². The lowest BCUT2D eigenvalue weighted by Gasteiger charge is -2.11. The highest BCUT2D eigenvalue weighted by atomic mass is 16.5. The van der Waals surface area contributed by atoms with Crippen molar-refractivity contribution in [3.63, 3.8) is 0 Å². The number of oxazole rings is 1. The van der Waals surface area contributed by atoms with Crippen LogP contribution < -0.4 is 9.64 Å². The van der Waals surface area contributed by atoms with Gasteiger partial charge in [0.1, 0.15) is 17.9 Å². The Hall–Kier alpha value is -2.79. The van der Waals surface area contributed by atoms with Gasteiger partial charge in [0, 0.05) is 31.9 Å². The summed E-state index contributed by atoms with van der Waals surface area (Å²) < 4.78 is 11.1. The van der Waals surface area contributed by atoms with Crippen molar-refractivity contribution in [2.75, 3.05) is 32.2 Å². The molecular weight excluding hydrogens is 304 g/mol. The number of aliphatic hydroxyl groups excluding tert-OH is 1. The van der Waals surface area contributed by atoms with Gasteiger partial charge in [0.2, 0.25) is 5.89 Å².